The zero-order valence-electron chi connectivity index (χ0n) is 11.7. The van der Waals surface area contributed by atoms with Crippen molar-refractivity contribution in [2.24, 2.45) is 5.73 Å². The summed E-state index contributed by atoms with van der Waals surface area (Å²) in [5.74, 6) is 0.730. The fraction of sp³-hybridized carbons (Fsp3) is 0.769. The SMILES string of the molecule is CC(C)(C)OC(=O)CCc1nc(C2(N)CCC2)no1. The van der Waals surface area contributed by atoms with Crippen LogP contribution in [0.15, 0.2) is 4.52 Å². The summed E-state index contributed by atoms with van der Waals surface area (Å²) in [6.45, 7) is 5.51. The van der Waals surface area contributed by atoms with Crippen molar-refractivity contribution in [1.82, 2.24) is 10.1 Å². The highest BCUT2D eigenvalue weighted by atomic mass is 16.6. The highest BCUT2D eigenvalue weighted by molar-refractivity contribution is 5.70. The van der Waals surface area contributed by atoms with Gasteiger partial charge in [0.15, 0.2) is 5.82 Å². The van der Waals surface area contributed by atoms with Gasteiger partial charge in [0.1, 0.15) is 5.60 Å². The van der Waals surface area contributed by atoms with E-state index in [4.69, 9.17) is 15.0 Å². The molecule has 1 aliphatic carbocycles. The highest BCUT2D eigenvalue weighted by Crippen LogP contribution is 2.36. The molecule has 1 fully saturated rings. The lowest BCUT2D eigenvalue weighted by atomic mass is 9.77. The Hall–Kier alpha value is -1.43. The molecule has 0 radical (unpaired) electrons. The molecule has 0 amide bonds. The van der Waals surface area contributed by atoms with Crippen LogP contribution in [0.1, 0.15) is 58.2 Å². The number of ether oxygens (including phenoxy) is 1. The Morgan fingerprint density at radius 3 is 2.68 bits per heavy atom. The average molecular weight is 267 g/mol. The molecule has 2 rings (SSSR count). The summed E-state index contributed by atoms with van der Waals surface area (Å²) in [7, 11) is 0. The summed E-state index contributed by atoms with van der Waals surface area (Å²) in [5.41, 5.74) is 5.21. The fourth-order valence-corrected chi connectivity index (χ4v) is 1.94. The second kappa shape index (κ2) is 4.92. The van der Waals surface area contributed by atoms with Crippen molar-refractivity contribution < 1.29 is 14.1 Å². The van der Waals surface area contributed by atoms with Gasteiger partial charge >= 0.3 is 5.97 Å². The third-order valence-corrected chi connectivity index (χ3v) is 3.12. The zero-order valence-corrected chi connectivity index (χ0v) is 11.7. The molecule has 1 heterocycles. The van der Waals surface area contributed by atoms with Crippen molar-refractivity contribution in [1.29, 1.82) is 0 Å². The number of aromatic nitrogens is 2. The molecule has 1 aliphatic rings. The summed E-state index contributed by atoms with van der Waals surface area (Å²) >= 11 is 0. The van der Waals surface area contributed by atoms with E-state index in [-0.39, 0.29) is 12.4 Å². The lowest BCUT2D eigenvalue weighted by Crippen LogP contribution is -2.44. The quantitative estimate of drug-likeness (QED) is 0.834. The molecule has 0 unspecified atom stereocenters. The van der Waals surface area contributed by atoms with Crippen LogP contribution in [-0.2, 0) is 21.5 Å². The molecule has 0 spiro atoms. The van der Waals surface area contributed by atoms with Crippen LogP contribution < -0.4 is 5.73 Å². The van der Waals surface area contributed by atoms with Crippen molar-refractivity contribution in [3.8, 4) is 0 Å². The van der Waals surface area contributed by atoms with Gasteiger partial charge in [-0.3, -0.25) is 4.79 Å². The number of nitrogens with two attached hydrogens (primary N) is 1. The minimum absolute atomic E-state index is 0.233. The van der Waals surface area contributed by atoms with E-state index < -0.39 is 11.1 Å². The molecule has 6 nitrogen and oxygen atoms in total. The van der Waals surface area contributed by atoms with Gasteiger partial charge in [-0.1, -0.05) is 5.16 Å². The van der Waals surface area contributed by atoms with Gasteiger partial charge in [-0.2, -0.15) is 4.98 Å². The van der Waals surface area contributed by atoms with Crippen molar-refractivity contribution >= 4 is 5.97 Å². The number of nitrogens with zero attached hydrogens (tertiary/aromatic N) is 2. The topological polar surface area (TPSA) is 91.2 Å². The van der Waals surface area contributed by atoms with Crippen LogP contribution in [0.25, 0.3) is 0 Å². The first-order chi connectivity index (χ1) is 8.78. The van der Waals surface area contributed by atoms with E-state index in [1.807, 2.05) is 20.8 Å². The number of carbonyl (C=O) groups excluding carboxylic acids is 1. The second-order valence-corrected chi connectivity index (χ2v) is 6.11. The highest BCUT2D eigenvalue weighted by Gasteiger charge is 2.38. The van der Waals surface area contributed by atoms with Crippen LogP contribution in [0.2, 0.25) is 0 Å². The lowest BCUT2D eigenvalue weighted by molar-refractivity contribution is -0.154. The van der Waals surface area contributed by atoms with E-state index in [9.17, 15) is 4.79 Å². The minimum Gasteiger partial charge on any atom is -0.460 e. The predicted octanol–water partition coefficient (Wildman–Crippen LogP) is 1.68. The maximum Gasteiger partial charge on any atom is 0.306 e. The summed E-state index contributed by atoms with van der Waals surface area (Å²) in [6, 6.07) is 0. The molecule has 1 aromatic heterocycles. The van der Waals surface area contributed by atoms with Crippen molar-refractivity contribution in [2.45, 2.75) is 64.0 Å². The van der Waals surface area contributed by atoms with E-state index in [1.54, 1.807) is 0 Å². The second-order valence-electron chi connectivity index (χ2n) is 6.11. The molecule has 2 N–H and O–H groups in total. The van der Waals surface area contributed by atoms with Gasteiger partial charge in [0.05, 0.1) is 12.0 Å². The molecule has 19 heavy (non-hydrogen) atoms. The Balaban J connectivity index is 1.85. The first-order valence-electron chi connectivity index (χ1n) is 6.62. The van der Waals surface area contributed by atoms with Gasteiger partial charge in [0, 0.05) is 6.42 Å². The predicted molar refractivity (Wildman–Crippen MR) is 68.2 cm³/mol. The number of carbonyl (C=O) groups is 1. The van der Waals surface area contributed by atoms with Crippen molar-refractivity contribution in [2.75, 3.05) is 0 Å². The monoisotopic (exact) mass is 267 g/mol. The average Bonchev–Trinajstić information content (AvgIpc) is 2.69. The molecule has 0 aliphatic heterocycles. The smallest absolute Gasteiger partial charge is 0.306 e. The maximum absolute atomic E-state index is 11.6. The van der Waals surface area contributed by atoms with Gasteiger partial charge < -0.3 is 15.0 Å². The van der Waals surface area contributed by atoms with Crippen LogP contribution in [0.5, 0.6) is 0 Å². The number of hydrogen-bond acceptors (Lipinski definition) is 6. The first kappa shape index (κ1) is 14.0. The summed E-state index contributed by atoms with van der Waals surface area (Å²) in [6.07, 6.45) is 3.49. The van der Waals surface area contributed by atoms with Crippen LogP contribution >= 0.6 is 0 Å². The van der Waals surface area contributed by atoms with E-state index in [1.165, 1.54) is 0 Å². The molecular weight excluding hydrogens is 246 g/mol. The summed E-state index contributed by atoms with van der Waals surface area (Å²) < 4.78 is 10.3. The first-order valence-corrected chi connectivity index (χ1v) is 6.62. The number of esters is 1. The molecule has 0 aromatic carbocycles. The van der Waals surface area contributed by atoms with Crippen LogP contribution in [0.3, 0.4) is 0 Å². The summed E-state index contributed by atoms with van der Waals surface area (Å²) in [5, 5.41) is 3.90. The molecule has 106 valence electrons. The number of aryl methyl sites for hydroxylation is 1. The van der Waals surface area contributed by atoms with E-state index in [2.05, 4.69) is 10.1 Å². The molecule has 1 saturated carbocycles. The molecular formula is C13H21N3O3. The Kier molecular flexibility index (Phi) is 3.62. The Labute approximate surface area is 112 Å². The Bertz CT molecular complexity index is 458. The zero-order chi connectivity index (χ0) is 14.1. The molecule has 0 saturated heterocycles. The number of hydrogen-bond donors (Lipinski definition) is 1. The van der Waals surface area contributed by atoms with Crippen LogP contribution in [0.4, 0.5) is 0 Å². The molecule has 0 atom stereocenters. The minimum atomic E-state index is -0.468. The van der Waals surface area contributed by atoms with Gasteiger partial charge in [0.2, 0.25) is 5.89 Å². The van der Waals surface area contributed by atoms with E-state index >= 15 is 0 Å². The van der Waals surface area contributed by atoms with Crippen LogP contribution in [-0.4, -0.2) is 21.7 Å². The van der Waals surface area contributed by atoms with Gasteiger partial charge in [-0.25, -0.2) is 0 Å². The third-order valence-electron chi connectivity index (χ3n) is 3.12. The van der Waals surface area contributed by atoms with Gasteiger partial charge in [-0.15, -0.1) is 0 Å². The van der Waals surface area contributed by atoms with Gasteiger partial charge in [0.25, 0.3) is 0 Å². The van der Waals surface area contributed by atoms with Crippen molar-refractivity contribution in [3.05, 3.63) is 11.7 Å². The maximum atomic E-state index is 11.6. The molecule has 0 bridgehead atoms. The largest absolute Gasteiger partial charge is 0.460 e. The Morgan fingerprint density at radius 2 is 2.16 bits per heavy atom. The standard InChI is InChI=1S/C13H21N3O3/c1-12(2,3)18-10(17)6-5-9-15-11(16-19-9)13(14)7-4-8-13/h4-8,14H2,1-3H3. The van der Waals surface area contributed by atoms with Crippen LogP contribution in [0, 0.1) is 0 Å². The molecule has 1 aromatic rings. The normalized spacial score (nSPS) is 17.9. The number of rotatable bonds is 4. The summed E-state index contributed by atoms with van der Waals surface area (Å²) in [4.78, 5) is 15.8. The van der Waals surface area contributed by atoms with Crippen molar-refractivity contribution in [3.63, 3.8) is 0 Å². The van der Waals surface area contributed by atoms with E-state index in [0.717, 1.165) is 19.3 Å². The van der Waals surface area contributed by atoms with Gasteiger partial charge in [-0.05, 0) is 40.0 Å². The third kappa shape index (κ3) is 3.53. The Morgan fingerprint density at radius 1 is 1.47 bits per heavy atom. The van der Waals surface area contributed by atoms with E-state index in [0.29, 0.717) is 18.1 Å². The molecule has 6 heteroatoms. The fourth-order valence-electron chi connectivity index (χ4n) is 1.94. The lowest BCUT2D eigenvalue weighted by Gasteiger charge is -2.34.